The molecule has 22 heavy (non-hydrogen) atoms. The third kappa shape index (κ3) is 4.28. The predicted octanol–water partition coefficient (Wildman–Crippen LogP) is 0.379. The van der Waals surface area contributed by atoms with Gasteiger partial charge in [0.1, 0.15) is 5.76 Å². The molecule has 1 amide bonds. The largest absolute Gasteiger partial charge is 0.390 e. The van der Waals surface area contributed by atoms with Gasteiger partial charge in [-0.15, -0.1) is 0 Å². The van der Waals surface area contributed by atoms with Crippen LogP contribution in [0.25, 0.3) is 0 Å². The number of hydrogen-bond acceptors (Lipinski definition) is 6. The molecule has 1 aromatic rings. The van der Waals surface area contributed by atoms with Gasteiger partial charge in [-0.05, 0) is 20.3 Å². The summed E-state index contributed by atoms with van der Waals surface area (Å²) in [4.78, 5) is 13.9. The summed E-state index contributed by atoms with van der Waals surface area (Å²) < 4.78 is 10.0. The molecule has 1 saturated heterocycles. The number of aromatic nitrogens is 1. The van der Waals surface area contributed by atoms with Gasteiger partial charge in [-0.1, -0.05) is 5.16 Å². The third-order valence-corrected chi connectivity index (χ3v) is 4.11. The molecule has 0 aromatic carbocycles. The first-order chi connectivity index (χ1) is 10.5. The van der Waals surface area contributed by atoms with E-state index in [1.54, 1.807) is 7.11 Å². The van der Waals surface area contributed by atoms with Gasteiger partial charge in [-0.2, -0.15) is 0 Å². The Kier molecular flexibility index (Phi) is 5.93. The van der Waals surface area contributed by atoms with Crippen LogP contribution < -0.4 is 5.32 Å². The van der Waals surface area contributed by atoms with Crippen molar-refractivity contribution in [3.05, 3.63) is 17.0 Å². The first-order valence-corrected chi connectivity index (χ1v) is 7.61. The molecular weight excluding hydrogens is 286 g/mol. The number of ether oxygens (including phenoxy) is 1. The molecule has 7 heteroatoms. The highest BCUT2D eigenvalue weighted by Crippen LogP contribution is 2.19. The van der Waals surface area contributed by atoms with Crippen LogP contribution >= 0.6 is 0 Å². The van der Waals surface area contributed by atoms with Crippen LogP contribution in [0.4, 0.5) is 0 Å². The minimum absolute atomic E-state index is 0.0786. The maximum Gasteiger partial charge on any atom is 0.222 e. The summed E-state index contributed by atoms with van der Waals surface area (Å²) in [6.45, 7) is 6.27. The highest BCUT2D eigenvalue weighted by molar-refractivity contribution is 5.76. The second-order valence-electron chi connectivity index (χ2n) is 5.81. The molecule has 1 aromatic heterocycles. The van der Waals surface area contributed by atoms with E-state index < -0.39 is 6.10 Å². The highest BCUT2D eigenvalue weighted by atomic mass is 16.5. The number of amides is 1. The number of methoxy groups -OCH3 is 1. The van der Waals surface area contributed by atoms with Gasteiger partial charge in [0, 0.05) is 38.7 Å². The molecule has 124 valence electrons. The van der Waals surface area contributed by atoms with Crippen LogP contribution in [-0.4, -0.2) is 60.0 Å². The van der Waals surface area contributed by atoms with E-state index in [1.807, 2.05) is 13.8 Å². The number of rotatable bonds is 6. The second kappa shape index (κ2) is 7.71. The molecule has 2 heterocycles. The number of carbonyl (C=O) groups excluding carboxylic acids is 1. The molecule has 0 spiro atoms. The Morgan fingerprint density at radius 3 is 2.91 bits per heavy atom. The molecule has 0 bridgehead atoms. The quantitative estimate of drug-likeness (QED) is 0.790. The van der Waals surface area contributed by atoms with Gasteiger partial charge >= 0.3 is 0 Å². The zero-order chi connectivity index (χ0) is 16.1. The first kappa shape index (κ1) is 16.9. The van der Waals surface area contributed by atoms with Crippen molar-refractivity contribution in [2.45, 2.75) is 45.4 Å². The SMILES string of the molecule is COCCC(=O)NC1CCN(Cc2c(C)noc2C)CC1O. The Hall–Kier alpha value is -1.44. The van der Waals surface area contributed by atoms with Crippen LogP contribution in [0.2, 0.25) is 0 Å². The molecule has 2 N–H and O–H groups in total. The standard InChI is InChI=1S/C15H25N3O4/c1-10-12(11(2)22-17-10)8-18-6-4-13(14(19)9-18)16-15(20)5-7-21-3/h13-14,19H,4-9H2,1-3H3,(H,16,20). The minimum Gasteiger partial charge on any atom is -0.390 e. The normalized spacial score (nSPS) is 22.7. The number of likely N-dealkylation sites (tertiary alicyclic amines) is 1. The molecule has 1 fully saturated rings. The van der Waals surface area contributed by atoms with Crippen molar-refractivity contribution in [3.63, 3.8) is 0 Å². The molecule has 2 atom stereocenters. The molecular formula is C15H25N3O4. The van der Waals surface area contributed by atoms with E-state index in [0.29, 0.717) is 26.1 Å². The van der Waals surface area contributed by atoms with Crippen molar-refractivity contribution >= 4 is 5.91 Å². The lowest BCUT2D eigenvalue weighted by Crippen LogP contribution is -2.53. The van der Waals surface area contributed by atoms with Crippen LogP contribution in [0.15, 0.2) is 4.52 Å². The van der Waals surface area contributed by atoms with E-state index in [9.17, 15) is 9.90 Å². The molecule has 1 aliphatic rings. The van der Waals surface area contributed by atoms with Gasteiger partial charge < -0.3 is 19.7 Å². The summed E-state index contributed by atoms with van der Waals surface area (Å²) in [7, 11) is 1.56. The lowest BCUT2D eigenvalue weighted by atomic mass is 10.0. The Labute approximate surface area is 130 Å². The van der Waals surface area contributed by atoms with Crippen molar-refractivity contribution in [2.24, 2.45) is 0 Å². The number of hydrogen-bond donors (Lipinski definition) is 2. The van der Waals surface area contributed by atoms with Crippen molar-refractivity contribution in [1.29, 1.82) is 0 Å². The smallest absolute Gasteiger partial charge is 0.222 e. The molecule has 0 saturated carbocycles. The summed E-state index contributed by atoms with van der Waals surface area (Å²) in [5.74, 6) is 0.743. The van der Waals surface area contributed by atoms with E-state index in [-0.39, 0.29) is 11.9 Å². The van der Waals surface area contributed by atoms with Gasteiger partial charge in [0.05, 0.1) is 24.4 Å². The maximum absolute atomic E-state index is 11.7. The summed E-state index contributed by atoms with van der Waals surface area (Å²) in [5, 5.41) is 17.1. The molecule has 2 rings (SSSR count). The first-order valence-electron chi connectivity index (χ1n) is 7.61. The zero-order valence-corrected chi connectivity index (χ0v) is 13.5. The monoisotopic (exact) mass is 311 g/mol. The second-order valence-corrected chi connectivity index (χ2v) is 5.81. The van der Waals surface area contributed by atoms with Gasteiger partial charge in [-0.3, -0.25) is 9.69 Å². The Morgan fingerprint density at radius 1 is 1.55 bits per heavy atom. The van der Waals surface area contributed by atoms with E-state index >= 15 is 0 Å². The summed E-state index contributed by atoms with van der Waals surface area (Å²) in [6.07, 6.45) is 0.479. The van der Waals surface area contributed by atoms with Crippen LogP contribution in [0.3, 0.4) is 0 Å². The number of β-amino-alcohol motifs (C(OH)–C–C–N with tert-alkyl or cyclic N) is 1. The summed E-state index contributed by atoms with van der Waals surface area (Å²) in [5.41, 5.74) is 1.97. The fraction of sp³-hybridized carbons (Fsp3) is 0.733. The summed E-state index contributed by atoms with van der Waals surface area (Å²) in [6, 6.07) is -0.190. The van der Waals surface area contributed by atoms with Gasteiger partial charge in [-0.25, -0.2) is 0 Å². The molecule has 1 aliphatic heterocycles. The fourth-order valence-electron chi connectivity index (χ4n) is 2.73. The number of piperidine rings is 1. The van der Waals surface area contributed by atoms with E-state index in [2.05, 4.69) is 15.4 Å². The topological polar surface area (TPSA) is 87.8 Å². The van der Waals surface area contributed by atoms with Gasteiger partial charge in [0.15, 0.2) is 0 Å². The van der Waals surface area contributed by atoms with E-state index in [4.69, 9.17) is 9.26 Å². The third-order valence-electron chi connectivity index (χ3n) is 4.11. The molecule has 7 nitrogen and oxygen atoms in total. The maximum atomic E-state index is 11.7. The van der Waals surface area contributed by atoms with E-state index in [0.717, 1.165) is 30.0 Å². The molecule has 0 radical (unpaired) electrons. The average Bonchev–Trinajstić information content (AvgIpc) is 2.80. The average molecular weight is 311 g/mol. The fourth-order valence-corrected chi connectivity index (χ4v) is 2.73. The van der Waals surface area contributed by atoms with E-state index in [1.165, 1.54) is 0 Å². The summed E-state index contributed by atoms with van der Waals surface area (Å²) >= 11 is 0. The number of aliphatic hydroxyl groups excluding tert-OH is 1. The Balaban J connectivity index is 1.83. The number of aryl methyl sites for hydroxylation is 2. The number of nitrogens with zero attached hydrogens (tertiary/aromatic N) is 2. The predicted molar refractivity (Wildman–Crippen MR) is 80.3 cm³/mol. The molecule has 2 unspecified atom stereocenters. The van der Waals surface area contributed by atoms with Crippen LogP contribution in [0, 0.1) is 13.8 Å². The number of aliphatic hydroxyl groups is 1. The van der Waals surface area contributed by atoms with Gasteiger partial charge in [0.2, 0.25) is 5.91 Å². The lowest BCUT2D eigenvalue weighted by molar-refractivity contribution is -0.124. The Morgan fingerprint density at radius 2 is 2.32 bits per heavy atom. The molecule has 0 aliphatic carbocycles. The van der Waals surface area contributed by atoms with Crippen molar-refractivity contribution in [2.75, 3.05) is 26.8 Å². The number of carbonyl (C=O) groups is 1. The highest BCUT2D eigenvalue weighted by Gasteiger charge is 2.29. The minimum atomic E-state index is -0.569. The zero-order valence-electron chi connectivity index (χ0n) is 13.5. The van der Waals surface area contributed by atoms with Crippen LogP contribution in [-0.2, 0) is 16.1 Å². The lowest BCUT2D eigenvalue weighted by Gasteiger charge is -2.36. The van der Waals surface area contributed by atoms with Gasteiger partial charge in [0.25, 0.3) is 0 Å². The van der Waals surface area contributed by atoms with Crippen molar-refractivity contribution < 1.29 is 19.2 Å². The number of nitrogens with one attached hydrogen (secondary N) is 1. The van der Waals surface area contributed by atoms with Crippen LogP contribution in [0.5, 0.6) is 0 Å². The van der Waals surface area contributed by atoms with Crippen LogP contribution in [0.1, 0.15) is 29.9 Å². The van der Waals surface area contributed by atoms with Crippen molar-refractivity contribution in [1.82, 2.24) is 15.4 Å². The Bertz CT molecular complexity index is 483. The van der Waals surface area contributed by atoms with Crippen molar-refractivity contribution in [3.8, 4) is 0 Å².